The monoisotopic (exact) mass is 281 g/mol. The van der Waals surface area contributed by atoms with Crippen LogP contribution in [0, 0.1) is 6.92 Å². The second-order valence-corrected chi connectivity index (χ2v) is 5.02. The third-order valence-corrected chi connectivity index (χ3v) is 3.36. The minimum atomic E-state index is 0.206. The van der Waals surface area contributed by atoms with E-state index in [1.165, 1.54) is 0 Å². The second-order valence-electron chi connectivity index (χ2n) is 4.65. The molecule has 0 aliphatic rings. The molecule has 104 valence electrons. The van der Waals surface area contributed by atoms with Gasteiger partial charge in [0, 0.05) is 25.1 Å². The molecule has 1 unspecified atom stereocenters. The topological polar surface area (TPSA) is 39.9 Å². The average molecular weight is 282 g/mol. The third kappa shape index (κ3) is 2.90. The summed E-state index contributed by atoms with van der Waals surface area (Å²) in [7, 11) is 0. The summed E-state index contributed by atoms with van der Waals surface area (Å²) in [6, 6.07) is 2.19. The van der Waals surface area contributed by atoms with Gasteiger partial charge in [-0.25, -0.2) is 9.97 Å². The first-order valence-electron chi connectivity index (χ1n) is 6.65. The van der Waals surface area contributed by atoms with Gasteiger partial charge in [0.15, 0.2) is 5.65 Å². The molecule has 2 aromatic rings. The molecule has 4 nitrogen and oxygen atoms in total. The number of ether oxygens (including phenoxy) is 1. The largest absolute Gasteiger partial charge is 0.380 e. The fourth-order valence-electron chi connectivity index (χ4n) is 2.24. The minimum absolute atomic E-state index is 0.206. The number of imidazole rings is 1. The predicted molar refractivity (Wildman–Crippen MR) is 77.9 cm³/mol. The van der Waals surface area contributed by atoms with E-state index in [-0.39, 0.29) is 6.04 Å². The van der Waals surface area contributed by atoms with Gasteiger partial charge in [-0.2, -0.15) is 0 Å². The van der Waals surface area contributed by atoms with Crippen molar-refractivity contribution in [2.45, 2.75) is 33.2 Å². The van der Waals surface area contributed by atoms with E-state index in [4.69, 9.17) is 21.3 Å². The number of hydrogen-bond acceptors (Lipinski definition) is 3. The quantitative estimate of drug-likeness (QED) is 0.764. The molecule has 2 rings (SSSR count). The standard InChI is InChI=1S/C14H20ClN3O/c1-4-19-9-11(3)18-12(5-7-15)17-13-10(2)6-8-16-14(13)18/h6,8,11H,4-5,7,9H2,1-3H3. The van der Waals surface area contributed by atoms with Crippen LogP contribution in [-0.2, 0) is 11.2 Å². The first kappa shape index (κ1) is 14.3. The van der Waals surface area contributed by atoms with Crippen LogP contribution in [0.15, 0.2) is 12.3 Å². The zero-order valence-corrected chi connectivity index (χ0v) is 12.4. The number of aryl methyl sites for hydroxylation is 2. The fourth-order valence-corrected chi connectivity index (χ4v) is 2.41. The lowest BCUT2D eigenvalue weighted by atomic mass is 10.2. The average Bonchev–Trinajstić information content (AvgIpc) is 2.76. The summed E-state index contributed by atoms with van der Waals surface area (Å²) in [6.07, 6.45) is 2.57. The molecule has 0 aromatic carbocycles. The van der Waals surface area contributed by atoms with Crippen molar-refractivity contribution in [3.63, 3.8) is 0 Å². The zero-order chi connectivity index (χ0) is 13.8. The highest BCUT2D eigenvalue weighted by Crippen LogP contribution is 2.22. The number of pyridine rings is 1. The zero-order valence-electron chi connectivity index (χ0n) is 11.7. The van der Waals surface area contributed by atoms with Crippen LogP contribution in [0.1, 0.15) is 31.3 Å². The van der Waals surface area contributed by atoms with E-state index in [0.717, 1.165) is 29.0 Å². The molecule has 0 radical (unpaired) electrons. The molecule has 2 aromatic heterocycles. The summed E-state index contributed by atoms with van der Waals surface area (Å²) in [5, 5.41) is 0. The number of aromatic nitrogens is 3. The van der Waals surface area contributed by atoms with Crippen LogP contribution in [0.5, 0.6) is 0 Å². The Balaban J connectivity index is 2.48. The van der Waals surface area contributed by atoms with Crippen LogP contribution in [-0.4, -0.2) is 33.6 Å². The molecule has 0 saturated carbocycles. The number of hydrogen-bond donors (Lipinski definition) is 0. The molecule has 0 bridgehead atoms. The van der Waals surface area contributed by atoms with Gasteiger partial charge in [-0.15, -0.1) is 11.6 Å². The highest BCUT2D eigenvalue weighted by Gasteiger charge is 2.17. The maximum atomic E-state index is 5.88. The molecule has 0 fully saturated rings. The van der Waals surface area contributed by atoms with Crippen LogP contribution in [0.2, 0.25) is 0 Å². The van der Waals surface area contributed by atoms with Crippen molar-refractivity contribution in [1.29, 1.82) is 0 Å². The summed E-state index contributed by atoms with van der Waals surface area (Å²) in [5.74, 6) is 1.54. The molecular weight excluding hydrogens is 262 g/mol. The molecule has 0 spiro atoms. The van der Waals surface area contributed by atoms with Crippen LogP contribution < -0.4 is 0 Å². The lowest BCUT2D eigenvalue weighted by molar-refractivity contribution is 0.119. The predicted octanol–water partition coefficient (Wildman–Crippen LogP) is 3.12. The molecular formula is C14H20ClN3O. The van der Waals surface area contributed by atoms with Crippen LogP contribution in [0.4, 0.5) is 0 Å². The summed E-state index contributed by atoms with van der Waals surface area (Å²) in [5.41, 5.74) is 3.03. The SMILES string of the molecule is CCOCC(C)n1c(CCCl)nc2c(C)ccnc21. The van der Waals surface area contributed by atoms with Crippen LogP contribution in [0.25, 0.3) is 11.2 Å². The molecule has 0 aliphatic heterocycles. The summed E-state index contributed by atoms with van der Waals surface area (Å²) in [4.78, 5) is 9.17. The van der Waals surface area contributed by atoms with Crippen LogP contribution >= 0.6 is 11.6 Å². The molecule has 2 heterocycles. The van der Waals surface area contributed by atoms with Gasteiger partial charge in [-0.1, -0.05) is 0 Å². The normalized spacial score (nSPS) is 13.1. The molecule has 0 aliphatic carbocycles. The Morgan fingerprint density at radius 1 is 1.47 bits per heavy atom. The van der Waals surface area contributed by atoms with Gasteiger partial charge in [0.2, 0.25) is 0 Å². The molecule has 0 amide bonds. The fraction of sp³-hybridized carbons (Fsp3) is 0.571. The highest BCUT2D eigenvalue weighted by molar-refractivity contribution is 6.17. The van der Waals surface area contributed by atoms with E-state index < -0.39 is 0 Å². The Hall–Kier alpha value is -1.13. The Labute approximate surface area is 118 Å². The maximum absolute atomic E-state index is 5.88. The molecule has 1 atom stereocenters. The van der Waals surface area contributed by atoms with Crippen molar-refractivity contribution in [3.05, 3.63) is 23.7 Å². The minimum Gasteiger partial charge on any atom is -0.380 e. The van der Waals surface area contributed by atoms with E-state index in [9.17, 15) is 0 Å². The van der Waals surface area contributed by atoms with Gasteiger partial charge in [0.05, 0.1) is 12.6 Å². The lowest BCUT2D eigenvalue weighted by Gasteiger charge is -2.16. The molecule has 19 heavy (non-hydrogen) atoms. The summed E-state index contributed by atoms with van der Waals surface area (Å²) in [6.45, 7) is 7.56. The van der Waals surface area contributed by atoms with E-state index in [2.05, 4.69) is 23.4 Å². The second kappa shape index (κ2) is 6.35. The van der Waals surface area contributed by atoms with Crippen molar-refractivity contribution >= 4 is 22.8 Å². The van der Waals surface area contributed by atoms with E-state index in [0.29, 0.717) is 19.1 Å². The number of rotatable bonds is 6. The Kier molecular flexibility index (Phi) is 4.77. The molecule has 5 heteroatoms. The Morgan fingerprint density at radius 3 is 2.95 bits per heavy atom. The van der Waals surface area contributed by atoms with Crippen molar-refractivity contribution < 1.29 is 4.74 Å². The Bertz CT molecular complexity index is 553. The molecule has 0 saturated heterocycles. The van der Waals surface area contributed by atoms with E-state index in [1.807, 2.05) is 19.2 Å². The maximum Gasteiger partial charge on any atom is 0.160 e. The first-order chi connectivity index (χ1) is 9.19. The smallest absolute Gasteiger partial charge is 0.160 e. The molecule has 0 N–H and O–H groups in total. The van der Waals surface area contributed by atoms with Crippen molar-refractivity contribution in [2.24, 2.45) is 0 Å². The Morgan fingerprint density at radius 2 is 2.26 bits per heavy atom. The number of fused-ring (bicyclic) bond motifs is 1. The van der Waals surface area contributed by atoms with E-state index in [1.54, 1.807) is 0 Å². The van der Waals surface area contributed by atoms with Gasteiger partial charge in [0.25, 0.3) is 0 Å². The summed E-state index contributed by atoms with van der Waals surface area (Å²) >= 11 is 5.88. The van der Waals surface area contributed by atoms with Gasteiger partial charge in [0.1, 0.15) is 11.3 Å². The van der Waals surface area contributed by atoms with Gasteiger partial charge in [-0.05, 0) is 32.4 Å². The van der Waals surface area contributed by atoms with Gasteiger partial charge >= 0.3 is 0 Å². The number of nitrogens with zero attached hydrogens (tertiary/aromatic N) is 3. The summed E-state index contributed by atoms with van der Waals surface area (Å²) < 4.78 is 7.68. The van der Waals surface area contributed by atoms with Crippen molar-refractivity contribution in [2.75, 3.05) is 19.1 Å². The van der Waals surface area contributed by atoms with E-state index >= 15 is 0 Å². The van der Waals surface area contributed by atoms with Crippen molar-refractivity contribution in [1.82, 2.24) is 14.5 Å². The van der Waals surface area contributed by atoms with Crippen molar-refractivity contribution in [3.8, 4) is 0 Å². The lowest BCUT2D eigenvalue weighted by Crippen LogP contribution is -2.16. The van der Waals surface area contributed by atoms with Crippen LogP contribution in [0.3, 0.4) is 0 Å². The third-order valence-electron chi connectivity index (χ3n) is 3.18. The van der Waals surface area contributed by atoms with Gasteiger partial charge in [-0.3, -0.25) is 0 Å². The van der Waals surface area contributed by atoms with Gasteiger partial charge < -0.3 is 9.30 Å². The highest BCUT2D eigenvalue weighted by atomic mass is 35.5. The number of halogens is 1. The first-order valence-corrected chi connectivity index (χ1v) is 7.18. The number of alkyl halides is 1.